The summed E-state index contributed by atoms with van der Waals surface area (Å²) in [4.78, 5) is 8.97. The Hall–Kier alpha value is -1.41. The van der Waals surface area contributed by atoms with Crippen molar-refractivity contribution in [1.29, 1.82) is 0 Å². The van der Waals surface area contributed by atoms with Gasteiger partial charge in [0.05, 0.1) is 11.9 Å². The van der Waals surface area contributed by atoms with E-state index in [4.69, 9.17) is 0 Å². The number of nitrogens with zero attached hydrogens (tertiary/aromatic N) is 4. The number of nitrogens with one attached hydrogen (secondary N) is 1. The maximum absolute atomic E-state index is 4.60. The van der Waals surface area contributed by atoms with Crippen molar-refractivity contribution in [2.75, 3.05) is 5.32 Å². The highest BCUT2D eigenvalue weighted by Crippen LogP contribution is 2.23. The molecule has 3 aromatic heterocycles. The van der Waals surface area contributed by atoms with Gasteiger partial charge in [0.2, 0.25) is 0 Å². The molecule has 3 heterocycles. The van der Waals surface area contributed by atoms with Crippen LogP contribution in [-0.4, -0.2) is 26.0 Å². The van der Waals surface area contributed by atoms with Crippen molar-refractivity contribution in [2.45, 2.75) is 13.7 Å². The van der Waals surface area contributed by atoms with Gasteiger partial charge in [-0.1, -0.05) is 6.82 Å². The van der Waals surface area contributed by atoms with Crippen LogP contribution in [0.15, 0.2) is 23.1 Å². The van der Waals surface area contributed by atoms with Crippen molar-refractivity contribution in [3.8, 4) is 0 Å². The number of hydrogen-bond acceptors (Lipinski definition) is 5. The molecule has 19 heavy (non-hydrogen) atoms. The average molecular weight is 336 g/mol. The Morgan fingerprint density at radius 2 is 2.32 bits per heavy atom. The van der Waals surface area contributed by atoms with Crippen LogP contribution in [0.1, 0.15) is 5.69 Å². The molecule has 0 unspecified atom stereocenters. The van der Waals surface area contributed by atoms with E-state index >= 15 is 0 Å². The Morgan fingerprint density at radius 1 is 1.47 bits per heavy atom. The summed E-state index contributed by atoms with van der Waals surface area (Å²) in [6.07, 6.45) is 3.77. The molecule has 0 aliphatic rings. The zero-order chi connectivity index (χ0) is 13.4. The third-order valence-electron chi connectivity index (χ3n) is 2.73. The molecule has 96 valence electrons. The third kappa shape index (κ3) is 2.37. The molecule has 1 N–H and O–H groups in total. The van der Waals surface area contributed by atoms with Crippen LogP contribution < -0.4 is 10.9 Å². The molecule has 5 nitrogen and oxygen atoms in total. The molecule has 0 spiro atoms. The first-order valence-corrected chi connectivity index (χ1v) is 7.47. The second-order valence-corrected chi connectivity index (χ2v) is 5.78. The molecule has 0 saturated heterocycles. The van der Waals surface area contributed by atoms with Crippen molar-refractivity contribution in [3.05, 3.63) is 28.8 Å². The number of halogens is 1. The van der Waals surface area contributed by atoms with Gasteiger partial charge in [-0.05, 0) is 40.5 Å². The van der Waals surface area contributed by atoms with Crippen molar-refractivity contribution in [1.82, 2.24) is 18.7 Å². The minimum Gasteiger partial charge on any atom is -0.328 e. The van der Waals surface area contributed by atoms with E-state index in [1.807, 2.05) is 23.6 Å². The molecule has 0 aliphatic carbocycles. The number of hydrogen-bond donors (Lipinski definition) is 1. The van der Waals surface area contributed by atoms with Gasteiger partial charge in [0.1, 0.15) is 9.60 Å². The lowest BCUT2D eigenvalue weighted by Crippen LogP contribution is -2.19. The second kappa shape index (κ2) is 4.94. The van der Waals surface area contributed by atoms with E-state index in [1.165, 1.54) is 11.5 Å². The van der Waals surface area contributed by atoms with E-state index in [0.29, 0.717) is 0 Å². The number of aryl methyl sites for hydroxylation is 1. The highest BCUT2D eigenvalue weighted by Gasteiger charge is 2.11. The summed E-state index contributed by atoms with van der Waals surface area (Å²) >= 11 is 4.91. The van der Waals surface area contributed by atoms with Crippen LogP contribution in [-0.2, 0) is 0 Å². The highest BCUT2D eigenvalue weighted by atomic mass is 79.9. The lowest BCUT2D eigenvalue weighted by molar-refractivity contribution is 1.13. The van der Waals surface area contributed by atoms with Crippen LogP contribution in [0.3, 0.4) is 0 Å². The third-order valence-corrected chi connectivity index (χ3v) is 4.11. The van der Waals surface area contributed by atoms with Crippen molar-refractivity contribution >= 4 is 56.8 Å². The van der Waals surface area contributed by atoms with Crippen LogP contribution in [0.4, 0.5) is 10.8 Å². The number of anilines is 2. The van der Waals surface area contributed by atoms with Crippen LogP contribution in [0, 0.1) is 6.92 Å². The minimum atomic E-state index is 0.758. The highest BCUT2D eigenvalue weighted by molar-refractivity contribution is 9.10. The first-order chi connectivity index (χ1) is 9.17. The van der Waals surface area contributed by atoms with Crippen molar-refractivity contribution in [3.63, 3.8) is 0 Å². The lowest BCUT2D eigenvalue weighted by atomic mass is 9.78. The SMILES string of the molecule is CBc1cn2c(Br)cnc2c(Nc2cc(C)ns2)n1. The maximum Gasteiger partial charge on any atom is 0.181 e. The Labute approximate surface area is 123 Å². The predicted octanol–water partition coefficient (Wildman–Crippen LogP) is 2.11. The van der Waals surface area contributed by atoms with Gasteiger partial charge in [0.15, 0.2) is 18.7 Å². The standard InChI is InChI=1S/C11H11BBrN5S/c1-6-3-9(19-17-6)16-10-11-14-4-8(13)18(11)5-7(12-2)15-10/h3-5,12H,1-2H3,(H,15,16). The molecule has 0 atom stereocenters. The summed E-state index contributed by atoms with van der Waals surface area (Å²) in [5.41, 5.74) is 2.81. The molecule has 0 saturated carbocycles. The van der Waals surface area contributed by atoms with Gasteiger partial charge >= 0.3 is 0 Å². The van der Waals surface area contributed by atoms with E-state index in [0.717, 1.165) is 39.6 Å². The normalized spacial score (nSPS) is 10.9. The van der Waals surface area contributed by atoms with Gasteiger partial charge in [-0.2, -0.15) is 4.37 Å². The number of aromatic nitrogens is 4. The lowest BCUT2D eigenvalue weighted by Gasteiger charge is -2.07. The second-order valence-electron chi connectivity index (χ2n) is 4.17. The summed E-state index contributed by atoms with van der Waals surface area (Å²) < 4.78 is 7.16. The molecule has 0 aromatic carbocycles. The average Bonchev–Trinajstić information content (AvgIpc) is 2.97. The largest absolute Gasteiger partial charge is 0.328 e. The Bertz CT molecular complexity index is 738. The van der Waals surface area contributed by atoms with E-state index < -0.39 is 0 Å². The number of imidazole rings is 1. The van der Waals surface area contributed by atoms with Gasteiger partial charge in [0.25, 0.3) is 0 Å². The van der Waals surface area contributed by atoms with Crippen LogP contribution in [0.5, 0.6) is 0 Å². The molecule has 0 bridgehead atoms. The van der Waals surface area contributed by atoms with Crippen LogP contribution in [0.25, 0.3) is 5.65 Å². The quantitative estimate of drug-likeness (QED) is 0.745. The topological polar surface area (TPSA) is 55.1 Å². The fraction of sp³-hybridized carbons (Fsp3) is 0.182. The summed E-state index contributed by atoms with van der Waals surface area (Å²) in [5, 5.41) is 4.27. The summed E-state index contributed by atoms with van der Waals surface area (Å²) in [6.45, 7) is 4.05. The Kier molecular flexibility index (Phi) is 3.28. The Morgan fingerprint density at radius 3 is 3.00 bits per heavy atom. The van der Waals surface area contributed by atoms with E-state index in [1.54, 1.807) is 6.20 Å². The number of rotatable bonds is 3. The van der Waals surface area contributed by atoms with Crippen molar-refractivity contribution in [2.24, 2.45) is 0 Å². The van der Waals surface area contributed by atoms with Gasteiger partial charge in [-0.25, -0.2) is 9.97 Å². The van der Waals surface area contributed by atoms with Gasteiger partial charge in [-0.15, -0.1) is 0 Å². The molecule has 0 aliphatic heterocycles. The minimum absolute atomic E-state index is 0.758. The smallest absolute Gasteiger partial charge is 0.181 e. The molecule has 8 heteroatoms. The van der Waals surface area contributed by atoms with E-state index in [-0.39, 0.29) is 0 Å². The van der Waals surface area contributed by atoms with Crippen LogP contribution >= 0.6 is 27.5 Å². The fourth-order valence-electron chi connectivity index (χ4n) is 1.80. The molecule has 0 amide bonds. The van der Waals surface area contributed by atoms with Gasteiger partial charge in [-0.3, -0.25) is 4.40 Å². The monoisotopic (exact) mass is 335 g/mol. The molecule has 3 aromatic rings. The molecule has 0 radical (unpaired) electrons. The number of fused-ring (bicyclic) bond motifs is 1. The maximum atomic E-state index is 4.60. The predicted molar refractivity (Wildman–Crippen MR) is 83.5 cm³/mol. The molecular formula is C11H11BBrN5S. The van der Waals surface area contributed by atoms with Gasteiger partial charge in [0, 0.05) is 11.8 Å². The van der Waals surface area contributed by atoms with E-state index in [2.05, 4.69) is 42.4 Å². The molecule has 3 rings (SSSR count). The first kappa shape index (κ1) is 12.6. The molecule has 0 fully saturated rings. The van der Waals surface area contributed by atoms with Crippen LogP contribution in [0.2, 0.25) is 6.82 Å². The summed E-state index contributed by atoms with van der Waals surface area (Å²) in [5.74, 6) is 0.758. The van der Waals surface area contributed by atoms with Gasteiger partial charge < -0.3 is 5.32 Å². The molecular weight excluding hydrogens is 325 g/mol. The Balaban J connectivity index is 2.10. The first-order valence-electron chi connectivity index (χ1n) is 5.90. The zero-order valence-electron chi connectivity index (χ0n) is 10.5. The summed E-state index contributed by atoms with van der Waals surface area (Å²) in [6, 6.07) is 2.00. The fourth-order valence-corrected chi connectivity index (χ4v) is 2.84. The van der Waals surface area contributed by atoms with E-state index in [9.17, 15) is 0 Å². The zero-order valence-corrected chi connectivity index (χ0v) is 12.9. The van der Waals surface area contributed by atoms with Crippen molar-refractivity contribution < 1.29 is 0 Å². The summed E-state index contributed by atoms with van der Waals surface area (Å²) in [7, 11) is 0.872.